The monoisotopic (exact) mass is 681 g/mol. The summed E-state index contributed by atoms with van der Waals surface area (Å²) in [5.41, 5.74) is 1.64. The molecule has 2 saturated heterocycles. The first-order chi connectivity index (χ1) is 23.6. The van der Waals surface area contributed by atoms with Crippen molar-refractivity contribution in [3.05, 3.63) is 73.5 Å². The second-order valence-electron chi connectivity index (χ2n) is 11.9. The van der Waals surface area contributed by atoms with E-state index in [2.05, 4.69) is 44.1 Å². The number of nitrogens with one attached hydrogen (secondary N) is 2. The van der Waals surface area contributed by atoms with Gasteiger partial charge in [-0.15, -0.1) is 0 Å². The Bertz CT molecular complexity index is 1740. The molecular weight excluding hydrogens is 642 g/mol. The summed E-state index contributed by atoms with van der Waals surface area (Å²) in [5.74, 6) is 0.0758. The van der Waals surface area contributed by atoms with Gasteiger partial charge in [-0.3, -0.25) is 4.79 Å². The molecule has 2 aliphatic heterocycles. The van der Waals surface area contributed by atoms with E-state index >= 15 is 4.39 Å². The number of aldehydes is 1. The number of nitrogens with zero attached hydrogens (tertiary/aromatic N) is 5. The summed E-state index contributed by atoms with van der Waals surface area (Å²) in [4.78, 5) is 26.0. The molecule has 2 aromatic heterocycles. The van der Waals surface area contributed by atoms with Crippen LogP contribution in [0.1, 0.15) is 25.7 Å². The Morgan fingerprint density at radius 3 is 2.43 bits per heavy atom. The number of ether oxygens (including phenoxy) is 2. The third-order valence-electron chi connectivity index (χ3n) is 8.49. The van der Waals surface area contributed by atoms with Crippen LogP contribution in [0.3, 0.4) is 0 Å². The van der Waals surface area contributed by atoms with E-state index in [1.165, 1.54) is 24.7 Å². The van der Waals surface area contributed by atoms with E-state index in [9.17, 15) is 13.2 Å². The van der Waals surface area contributed by atoms with Gasteiger partial charge < -0.3 is 29.9 Å². The number of carbonyl (C=O) groups is 1. The maximum atomic E-state index is 15.4. The van der Waals surface area contributed by atoms with Crippen LogP contribution in [0.5, 0.6) is 17.2 Å². The van der Waals surface area contributed by atoms with Gasteiger partial charge in [0, 0.05) is 48.9 Å². The Hall–Kier alpha value is -4.98. The highest BCUT2D eigenvalue weighted by Crippen LogP contribution is 2.37. The van der Waals surface area contributed by atoms with E-state index in [0.29, 0.717) is 59.3 Å². The number of rotatable bonds is 9. The van der Waals surface area contributed by atoms with Crippen LogP contribution in [-0.4, -0.2) is 78.7 Å². The lowest BCUT2D eigenvalue weighted by Crippen LogP contribution is -2.42. The Balaban J connectivity index is 0.00000111. The number of hydrogen-bond donors (Lipinski definition) is 2. The Morgan fingerprint density at radius 1 is 0.980 bits per heavy atom. The average molecular weight is 682 g/mol. The number of pyridine rings is 1. The van der Waals surface area contributed by atoms with E-state index < -0.39 is 17.9 Å². The maximum absolute atomic E-state index is 15.4. The zero-order valence-corrected chi connectivity index (χ0v) is 27.3. The molecule has 10 nitrogen and oxygen atoms in total. The van der Waals surface area contributed by atoms with Crippen molar-refractivity contribution in [2.24, 2.45) is 5.92 Å². The van der Waals surface area contributed by atoms with Gasteiger partial charge in [0.05, 0.1) is 29.9 Å². The van der Waals surface area contributed by atoms with Crippen LogP contribution in [0.25, 0.3) is 10.9 Å². The predicted octanol–water partition coefficient (Wildman–Crippen LogP) is 7.36. The molecule has 49 heavy (non-hydrogen) atoms. The van der Waals surface area contributed by atoms with Gasteiger partial charge in [0.25, 0.3) is 0 Å². The second kappa shape index (κ2) is 15.9. The summed E-state index contributed by atoms with van der Waals surface area (Å²) in [7, 11) is 3.73. The van der Waals surface area contributed by atoms with Gasteiger partial charge in [-0.25, -0.2) is 19.3 Å². The fourth-order valence-electron chi connectivity index (χ4n) is 5.85. The lowest BCUT2D eigenvalue weighted by molar-refractivity contribution is -0.176. The summed E-state index contributed by atoms with van der Waals surface area (Å²) in [6.45, 7) is 5.44. The molecule has 0 radical (unpaired) electrons. The Kier molecular flexibility index (Phi) is 11.5. The molecule has 0 spiro atoms. The first-order valence-corrected chi connectivity index (χ1v) is 15.9. The van der Waals surface area contributed by atoms with Crippen LogP contribution < -0.4 is 25.0 Å². The van der Waals surface area contributed by atoms with Gasteiger partial charge in [0.1, 0.15) is 47.3 Å². The zero-order chi connectivity index (χ0) is 35.0. The molecule has 2 aliphatic rings. The van der Waals surface area contributed by atoms with Crippen LogP contribution in [0, 0.1) is 11.7 Å². The summed E-state index contributed by atoms with van der Waals surface area (Å²) in [6, 6.07) is 11.6. The van der Waals surface area contributed by atoms with E-state index in [4.69, 9.17) is 14.3 Å². The van der Waals surface area contributed by atoms with Crippen LogP contribution in [0.2, 0.25) is 0 Å². The number of halogens is 4. The normalized spacial score (nSPS) is 17.1. The van der Waals surface area contributed by atoms with Crippen molar-refractivity contribution in [2.75, 3.05) is 55.9 Å². The molecule has 260 valence electrons. The fraction of sp³-hybridized carbons (Fsp3) is 0.371. The molecule has 2 aromatic carbocycles. The van der Waals surface area contributed by atoms with E-state index in [1.54, 1.807) is 36.3 Å². The van der Waals surface area contributed by atoms with Gasteiger partial charge in [-0.2, -0.15) is 13.2 Å². The summed E-state index contributed by atoms with van der Waals surface area (Å²) in [5, 5.41) is 7.38. The molecular formula is C35H39F4N7O3. The highest BCUT2D eigenvalue weighted by Gasteiger charge is 2.42. The molecule has 2 fully saturated rings. The first kappa shape index (κ1) is 35.3. The van der Waals surface area contributed by atoms with Crippen LogP contribution in [0.15, 0.2) is 67.6 Å². The molecule has 2 N–H and O–H groups in total. The molecule has 0 amide bonds. The highest BCUT2D eigenvalue weighted by molar-refractivity contribution is 5.95. The number of alkyl halides is 3. The number of hydrogen-bond acceptors (Lipinski definition) is 10. The van der Waals surface area contributed by atoms with Gasteiger partial charge in [0.2, 0.25) is 0 Å². The number of benzene rings is 2. The van der Waals surface area contributed by atoms with E-state index in [0.717, 1.165) is 31.6 Å². The first-order valence-electron chi connectivity index (χ1n) is 15.9. The van der Waals surface area contributed by atoms with Gasteiger partial charge in [-0.05, 0) is 76.2 Å². The van der Waals surface area contributed by atoms with E-state index in [1.807, 2.05) is 12.1 Å². The van der Waals surface area contributed by atoms with Crippen molar-refractivity contribution in [1.29, 1.82) is 0 Å². The van der Waals surface area contributed by atoms with Crippen molar-refractivity contribution in [1.82, 2.24) is 19.9 Å². The molecule has 14 heteroatoms. The molecule has 6 rings (SSSR count). The van der Waals surface area contributed by atoms with Gasteiger partial charge in [0.15, 0.2) is 0 Å². The SMILES string of the molecule is C=CC=O.COc1cc2ncnc(Nc3ccc(Oc4ccnc(N5CCCC(C(F)(F)F)C5)c4)cc3F)c2cc1NC1CCN(C)CC1. The zero-order valence-electron chi connectivity index (χ0n) is 27.3. The number of piperidine rings is 2. The fourth-order valence-corrected chi connectivity index (χ4v) is 5.85. The lowest BCUT2D eigenvalue weighted by atomic mass is 9.97. The largest absolute Gasteiger partial charge is 0.495 e. The molecule has 0 bridgehead atoms. The minimum Gasteiger partial charge on any atom is -0.495 e. The number of allylic oxidation sites excluding steroid dienone is 1. The van der Waals surface area contributed by atoms with Crippen molar-refractivity contribution >= 4 is 40.2 Å². The lowest BCUT2D eigenvalue weighted by Gasteiger charge is -2.34. The van der Waals surface area contributed by atoms with Crippen LogP contribution >= 0.6 is 0 Å². The number of methoxy groups -OCH3 is 1. The standard InChI is InChI=1S/C32H35F4N7O2.C3H4O/c1-42-12-8-21(9-13-42)40-28-16-24-27(17-29(28)44-2)38-19-39-31(24)41-26-6-5-22(14-25(26)33)45-23-7-10-37-30(15-23)43-11-3-4-20(18-43)32(34,35)36;1-2-3-4/h5-7,10,14-17,19-21,40H,3-4,8-9,11-13,18H2,1-2H3,(H,38,39,41);2-3H,1H2. The highest BCUT2D eigenvalue weighted by atomic mass is 19.4. The quantitative estimate of drug-likeness (QED) is 0.106. The van der Waals surface area contributed by atoms with Crippen molar-refractivity contribution < 1.29 is 31.8 Å². The summed E-state index contributed by atoms with van der Waals surface area (Å²) in [6.07, 6.45) is 2.99. The van der Waals surface area contributed by atoms with Crippen molar-refractivity contribution in [3.63, 3.8) is 0 Å². The third kappa shape index (κ3) is 9.13. The van der Waals surface area contributed by atoms with Crippen LogP contribution in [0.4, 0.5) is 40.6 Å². The molecule has 1 unspecified atom stereocenters. The third-order valence-corrected chi connectivity index (χ3v) is 8.49. The molecule has 0 saturated carbocycles. The molecule has 4 aromatic rings. The second-order valence-corrected chi connectivity index (χ2v) is 11.9. The smallest absolute Gasteiger partial charge is 0.393 e. The molecule has 1 atom stereocenters. The van der Waals surface area contributed by atoms with Crippen molar-refractivity contribution in [2.45, 2.75) is 37.9 Å². The summed E-state index contributed by atoms with van der Waals surface area (Å²) < 4.78 is 66.8. The minimum absolute atomic E-state index is 0.103. The minimum atomic E-state index is -4.25. The summed E-state index contributed by atoms with van der Waals surface area (Å²) >= 11 is 0. The average Bonchev–Trinajstić information content (AvgIpc) is 3.10. The van der Waals surface area contributed by atoms with Crippen molar-refractivity contribution in [3.8, 4) is 17.2 Å². The van der Waals surface area contributed by atoms with E-state index in [-0.39, 0.29) is 24.4 Å². The Labute approximate surface area is 282 Å². The Morgan fingerprint density at radius 2 is 1.73 bits per heavy atom. The number of anilines is 4. The van der Waals surface area contributed by atoms with Crippen LogP contribution in [-0.2, 0) is 4.79 Å². The molecule has 0 aliphatic carbocycles. The predicted molar refractivity (Wildman–Crippen MR) is 181 cm³/mol. The number of carbonyl (C=O) groups excluding carboxylic acids is 1. The topological polar surface area (TPSA) is 105 Å². The van der Waals surface area contributed by atoms with Gasteiger partial charge >= 0.3 is 6.18 Å². The molecule has 4 heterocycles. The number of likely N-dealkylation sites (tertiary alicyclic amines) is 1. The number of fused-ring (bicyclic) bond motifs is 1. The van der Waals surface area contributed by atoms with Gasteiger partial charge in [-0.1, -0.05) is 6.58 Å². The number of aromatic nitrogens is 3. The maximum Gasteiger partial charge on any atom is 0.393 e.